The maximum absolute atomic E-state index is 11.3. The Hall–Kier alpha value is -2.57. The molecule has 0 aliphatic carbocycles. The van der Waals surface area contributed by atoms with Crippen LogP contribution in [0.25, 0.3) is 11.1 Å². The van der Waals surface area contributed by atoms with Gasteiger partial charge in [0.2, 0.25) is 10.0 Å². The van der Waals surface area contributed by atoms with Crippen LogP contribution in [0.3, 0.4) is 0 Å². The van der Waals surface area contributed by atoms with Crippen molar-refractivity contribution in [3.8, 4) is 11.1 Å². The van der Waals surface area contributed by atoms with Gasteiger partial charge in [-0.05, 0) is 47.4 Å². The van der Waals surface area contributed by atoms with E-state index in [-0.39, 0.29) is 0 Å². The Morgan fingerprint density at radius 3 is 2.64 bits per heavy atom. The van der Waals surface area contributed by atoms with Gasteiger partial charge in [-0.3, -0.25) is 9.71 Å². The molecule has 0 amide bonds. The number of hydrogen-bond donors (Lipinski definition) is 1. The van der Waals surface area contributed by atoms with Gasteiger partial charge in [-0.25, -0.2) is 8.42 Å². The summed E-state index contributed by atoms with van der Waals surface area (Å²) in [6.45, 7) is 1.71. The van der Waals surface area contributed by atoms with E-state index in [9.17, 15) is 8.42 Å². The third-order valence-electron chi connectivity index (χ3n) is 4.79. The van der Waals surface area contributed by atoms with Gasteiger partial charge in [0.25, 0.3) is 0 Å². The highest BCUT2D eigenvalue weighted by atomic mass is 35.5. The van der Waals surface area contributed by atoms with Crippen molar-refractivity contribution in [1.82, 2.24) is 4.98 Å². The Morgan fingerprint density at radius 1 is 1.14 bits per heavy atom. The lowest BCUT2D eigenvalue weighted by atomic mass is 10.0. The first-order valence-electron chi connectivity index (χ1n) is 8.93. The van der Waals surface area contributed by atoms with Gasteiger partial charge >= 0.3 is 0 Å². The van der Waals surface area contributed by atoms with E-state index >= 15 is 0 Å². The number of benzene rings is 2. The SMILES string of the molecule is CS(=O)(=O)Nc1ccc(CN2CCc3ccc(-c4ccncc4Cl)cc32)cc1. The van der Waals surface area contributed by atoms with Gasteiger partial charge < -0.3 is 4.90 Å². The first-order chi connectivity index (χ1) is 13.4. The number of fused-ring (bicyclic) bond motifs is 1. The fourth-order valence-corrected chi connectivity index (χ4v) is 4.29. The second-order valence-electron chi connectivity index (χ2n) is 6.94. The number of rotatable bonds is 5. The first kappa shape index (κ1) is 18.8. The van der Waals surface area contributed by atoms with E-state index in [4.69, 9.17) is 11.6 Å². The quantitative estimate of drug-likeness (QED) is 0.676. The Morgan fingerprint density at radius 2 is 1.93 bits per heavy atom. The molecule has 2 heterocycles. The second-order valence-corrected chi connectivity index (χ2v) is 9.10. The van der Waals surface area contributed by atoms with Crippen LogP contribution in [0.15, 0.2) is 60.9 Å². The van der Waals surface area contributed by atoms with Crippen molar-refractivity contribution in [2.45, 2.75) is 13.0 Å². The standard InChI is InChI=1S/C21H20ClN3O2S/c1-28(26,27)24-18-6-2-15(3-7-18)14-25-11-9-16-4-5-17(12-21(16)25)19-8-10-23-13-20(19)22/h2-8,10,12-13,24H,9,11,14H2,1H3. The minimum Gasteiger partial charge on any atom is -0.367 e. The molecule has 28 heavy (non-hydrogen) atoms. The van der Waals surface area contributed by atoms with Crippen molar-refractivity contribution in [2.75, 3.05) is 22.4 Å². The number of pyridine rings is 1. The van der Waals surface area contributed by atoms with E-state index < -0.39 is 10.0 Å². The van der Waals surface area contributed by atoms with Crippen LogP contribution in [0.4, 0.5) is 11.4 Å². The summed E-state index contributed by atoms with van der Waals surface area (Å²) in [6.07, 6.45) is 5.56. The summed E-state index contributed by atoms with van der Waals surface area (Å²) in [5.74, 6) is 0. The van der Waals surface area contributed by atoms with E-state index in [1.54, 1.807) is 24.5 Å². The van der Waals surface area contributed by atoms with Crippen LogP contribution in [-0.2, 0) is 23.0 Å². The van der Waals surface area contributed by atoms with Crippen LogP contribution in [0, 0.1) is 0 Å². The minimum atomic E-state index is -3.26. The summed E-state index contributed by atoms with van der Waals surface area (Å²) < 4.78 is 25.2. The molecule has 144 valence electrons. The van der Waals surface area contributed by atoms with Crippen LogP contribution >= 0.6 is 11.6 Å². The highest BCUT2D eigenvalue weighted by Gasteiger charge is 2.20. The number of aromatic nitrogens is 1. The number of anilines is 2. The fraction of sp³-hybridized carbons (Fsp3) is 0.190. The largest absolute Gasteiger partial charge is 0.367 e. The van der Waals surface area contributed by atoms with E-state index in [0.717, 1.165) is 42.5 Å². The molecule has 0 atom stereocenters. The summed E-state index contributed by atoms with van der Waals surface area (Å²) in [5.41, 5.74) is 6.28. The Balaban J connectivity index is 1.56. The lowest BCUT2D eigenvalue weighted by Crippen LogP contribution is -2.19. The zero-order chi connectivity index (χ0) is 19.7. The third kappa shape index (κ3) is 4.13. The summed E-state index contributed by atoms with van der Waals surface area (Å²) in [4.78, 5) is 6.40. The number of nitrogens with zero attached hydrogens (tertiary/aromatic N) is 2. The maximum Gasteiger partial charge on any atom is 0.229 e. The maximum atomic E-state index is 11.3. The summed E-state index contributed by atoms with van der Waals surface area (Å²) in [7, 11) is -3.26. The third-order valence-corrected chi connectivity index (χ3v) is 5.70. The molecule has 1 N–H and O–H groups in total. The van der Waals surface area contributed by atoms with Crippen LogP contribution in [0.1, 0.15) is 11.1 Å². The smallest absolute Gasteiger partial charge is 0.229 e. The van der Waals surface area contributed by atoms with Crippen molar-refractivity contribution in [1.29, 1.82) is 0 Å². The van der Waals surface area contributed by atoms with Gasteiger partial charge in [0.05, 0.1) is 11.3 Å². The van der Waals surface area contributed by atoms with E-state index in [2.05, 4.69) is 32.8 Å². The number of sulfonamides is 1. The zero-order valence-corrected chi connectivity index (χ0v) is 17.0. The molecule has 1 aliphatic heterocycles. The molecule has 1 aromatic heterocycles. The first-order valence-corrected chi connectivity index (χ1v) is 11.2. The van der Waals surface area contributed by atoms with E-state index in [1.807, 2.05) is 18.2 Å². The van der Waals surface area contributed by atoms with Crippen molar-refractivity contribution >= 4 is 33.0 Å². The van der Waals surface area contributed by atoms with Crippen LogP contribution < -0.4 is 9.62 Å². The Labute approximate surface area is 170 Å². The van der Waals surface area contributed by atoms with Crippen LogP contribution in [0.2, 0.25) is 5.02 Å². The van der Waals surface area contributed by atoms with Crippen molar-refractivity contribution in [3.63, 3.8) is 0 Å². The molecule has 0 fully saturated rings. The number of nitrogens with one attached hydrogen (secondary N) is 1. The fourth-order valence-electron chi connectivity index (χ4n) is 3.50. The lowest BCUT2D eigenvalue weighted by molar-refractivity contribution is 0.607. The van der Waals surface area contributed by atoms with Gasteiger partial charge in [-0.1, -0.05) is 35.9 Å². The summed E-state index contributed by atoms with van der Waals surface area (Å²) >= 11 is 6.31. The zero-order valence-electron chi connectivity index (χ0n) is 15.4. The highest BCUT2D eigenvalue weighted by molar-refractivity contribution is 7.92. The minimum absolute atomic E-state index is 0.572. The molecule has 0 saturated heterocycles. The molecule has 0 unspecified atom stereocenters. The van der Waals surface area contributed by atoms with Gasteiger partial charge in [0.15, 0.2) is 0 Å². The molecule has 3 aromatic rings. The molecule has 7 heteroatoms. The van der Waals surface area contributed by atoms with Crippen molar-refractivity contribution in [3.05, 3.63) is 77.1 Å². The van der Waals surface area contributed by atoms with Crippen molar-refractivity contribution in [2.24, 2.45) is 0 Å². The van der Waals surface area contributed by atoms with Gasteiger partial charge in [-0.15, -0.1) is 0 Å². The highest BCUT2D eigenvalue weighted by Crippen LogP contribution is 2.35. The molecular weight excluding hydrogens is 394 g/mol. The molecule has 0 bridgehead atoms. The molecule has 0 spiro atoms. The monoisotopic (exact) mass is 413 g/mol. The van der Waals surface area contributed by atoms with Crippen molar-refractivity contribution < 1.29 is 8.42 Å². The normalized spacial score (nSPS) is 13.4. The second kappa shape index (κ2) is 7.45. The van der Waals surface area contributed by atoms with E-state index in [1.165, 1.54) is 11.3 Å². The van der Waals surface area contributed by atoms with Crippen LogP contribution in [0.5, 0.6) is 0 Å². The Kier molecular flexibility index (Phi) is 5.00. The summed E-state index contributed by atoms with van der Waals surface area (Å²) in [5, 5.41) is 0.640. The van der Waals surface area contributed by atoms with Gasteiger partial charge in [0, 0.05) is 42.4 Å². The molecule has 5 nitrogen and oxygen atoms in total. The van der Waals surface area contributed by atoms with E-state index in [0.29, 0.717) is 10.7 Å². The lowest BCUT2D eigenvalue weighted by Gasteiger charge is -2.20. The molecule has 4 rings (SSSR count). The predicted octanol–water partition coefficient (Wildman–Crippen LogP) is 4.34. The average molecular weight is 414 g/mol. The molecule has 0 radical (unpaired) electrons. The topological polar surface area (TPSA) is 62.3 Å². The van der Waals surface area contributed by atoms with Gasteiger partial charge in [0.1, 0.15) is 0 Å². The molecule has 1 aliphatic rings. The average Bonchev–Trinajstić information content (AvgIpc) is 3.05. The molecular formula is C21H20ClN3O2S. The molecule has 0 saturated carbocycles. The predicted molar refractivity (Wildman–Crippen MR) is 114 cm³/mol. The van der Waals surface area contributed by atoms with Gasteiger partial charge in [-0.2, -0.15) is 0 Å². The number of hydrogen-bond acceptors (Lipinski definition) is 4. The van der Waals surface area contributed by atoms with Crippen LogP contribution in [-0.4, -0.2) is 26.2 Å². The molecule has 2 aromatic carbocycles. The summed E-state index contributed by atoms with van der Waals surface area (Å²) in [6, 6.07) is 15.9. The number of halogens is 1. The Bertz CT molecular complexity index is 1110.